The van der Waals surface area contributed by atoms with E-state index in [1.165, 1.54) is 24.6 Å². The van der Waals surface area contributed by atoms with Gasteiger partial charge in [0.15, 0.2) is 23.2 Å². The van der Waals surface area contributed by atoms with Gasteiger partial charge in [-0.05, 0) is 167 Å². The topological polar surface area (TPSA) is 224 Å². The number of aromatic nitrogens is 6. The van der Waals surface area contributed by atoms with Gasteiger partial charge in [-0.1, -0.05) is 93.3 Å². The molecule has 30 heteroatoms. The van der Waals surface area contributed by atoms with Crippen LogP contribution in [0.5, 0.6) is 0 Å². The van der Waals surface area contributed by atoms with Crippen molar-refractivity contribution in [2.24, 2.45) is 0 Å². The van der Waals surface area contributed by atoms with Crippen LogP contribution in [0.25, 0.3) is 33.5 Å². The van der Waals surface area contributed by atoms with E-state index >= 15 is 0 Å². The maximum atomic E-state index is 13.3. The number of hydrogen-bond acceptors (Lipinski definition) is 22. The summed E-state index contributed by atoms with van der Waals surface area (Å²) in [7, 11) is 0.750. The third-order valence-corrected chi connectivity index (χ3v) is 24.6. The standard InChI is InChI=1S/C19H19ClN2OS2.C18H17ClN4S.C18H17ClN2OS2.C15H10ClNOS2.C4H9NS.CH3I.CH3O.K.H2N2.H2/c1-24-19(22-10-12-25-13-11-22)17(14-6-8-21-9-7-14)18(23)15-2-4-16(20)5-3-15;19-15-3-1-14(2-4-15)17-16(13-5-7-20-8-6-13)18(22-21-17)23-9-11-24-12-10-23;19-15-3-1-14(2-4-15)17(22)16(13-5-7-20-8-6-13)18(23)21-9-11-24-12-10-21;16-12-3-1-11(2-4-12)14(18)13(15-19-9-20-15)10-5-7-17-8-6-10;1-3-6-4-2-5-1;2*1-2;;1-2;/h2-9H,10-13H2,1H3;1-8H,9-12H2,(H,21,22);1-8,16H,9-12H2;1-8H,9H2;5H,1-4H2;2*1H3;;1-2H;1H/q;;;;;;-1;+1;;/b19-17-;;;;;;;;;. The average molecular weight is 1790 g/mol. The van der Waals surface area contributed by atoms with Crippen LogP contribution in [-0.4, -0.2) is 184 Å². The van der Waals surface area contributed by atoms with E-state index in [4.69, 9.17) is 74.8 Å². The summed E-state index contributed by atoms with van der Waals surface area (Å²) in [5.74, 6) is 9.74. The van der Waals surface area contributed by atoms with E-state index in [-0.39, 0.29) is 70.2 Å². The van der Waals surface area contributed by atoms with E-state index in [1.807, 2.05) is 143 Å². The van der Waals surface area contributed by atoms with Gasteiger partial charge in [-0.15, -0.1) is 35.3 Å². The Balaban J connectivity index is 0.000000242. The fourth-order valence-corrected chi connectivity index (χ4v) is 17.7. The van der Waals surface area contributed by atoms with Gasteiger partial charge in [0.2, 0.25) is 0 Å². The molecule has 5 saturated heterocycles. The molecule has 5 aliphatic heterocycles. The van der Waals surface area contributed by atoms with Gasteiger partial charge in [-0.3, -0.25) is 39.4 Å². The molecule has 1 unspecified atom stereocenters. The van der Waals surface area contributed by atoms with Crippen LogP contribution in [0.4, 0.5) is 5.82 Å². The molecular formula is C76H82Cl4IKN12O4S8. The number of nitrogens with zero attached hydrogens (tertiary/aromatic N) is 8. The first-order valence-corrected chi connectivity index (χ1v) is 44.8. The van der Waals surface area contributed by atoms with Gasteiger partial charge in [0.25, 0.3) is 0 Å². The summed E-state index contributed by atoms with van der Waals surface area (Å²) in [5, 5.41) is 24.0. The van der Waals surface area contributed by atoms with Crippen LogP contribution in [-0.2, 0) is 0 Å². The van der Waals surface area contributed by atoms with Gasteiger partial charge in [0.1, 0.15) is 0 Å². The molecule has 5 aromatic heterocycles. The number of nitrogens with one attached hydrogen (secondary N) is 4. The summed E-state index contributed by atoms with van der Waals surface area (Å²) in [6, 6.07) is 44.3. The normalized spacial score (nSPS) is 14.7. The van der Waals surface area contributed by atoms with Crippen molar-refractivity contribution in [2.75, 3.05) is 127 Å². The minimum Gasteiger partial charge on any atom is -0.857 e. The maximum Gasteiger partial charge on any atom is 1.00 e. The molecule has 0 radical (unpaired) electrons. The van der Waals surface area contributed by atoms with Crippen LogP contribution in [0.15, 0.2) is 204 Å². The molecule has 0 saturated carbocycles. The van der Waals surface area contributed by atoms with E-state index in [9.17, 15) is 14.4 Å². The number of ketones is 3. The van der Waals surface area contributed by atoms with E-state index in [2.05, 4.69) is 72.7 Å². The predicted molar refractivity (Wildman–Crippen MR) is 466 cm³/mol. The number of H-pyrrole nitrogens is 1. The number of allylic oxidation sites excluding steroid dienone is 2. The van der Waals surface area contributed by atoms with Crippen LogP contribution < -0.4 is 66.7 Å². The number of carbonyl (C=O) groups excluding carboxylic acids is 3. The molecule has 4 aromatic carbocycles. The minimum absolute atomic E-state index is 0. The zero-order valence-electron chi connectivity index (χ0n) is 58.9. The molecule has 106 heavy (non-hydrogen) atoms. The van der Waals surface area contributed by atoms with E-state index in [0.717, 1.165) is 156 Å². The number of Topliss-reactive ketones (excluding diaryl/α,β-unsaturated/α-hetero) is 3. The molecule has 4 N–H and O–H groups in total. The third-order valence-electron chi connectivity index (χ3n) is 15.9. The molecule has 16 nitrogen and oxygen atoms in total. The molecule has 5 fully saturated rings. The smallest absolute Gasteiger partial charge is 0.857 e. The maximum absolute atomic E-state index is 13.3. The summed E-state index contributed by atoms with van der Waals surface area (Å²) in [5.41, 5.74) is 20.5. The van der Waals surface area contributed by atoms with E-state index in [1.54, 1.807) is 145 Å². The van der Waals surface area contributed by atoms with Crippen molar-refractivity contribution in [3.05, 3.63) is 258 Å². The van der Waals surface area contributed by atoms with Gasteiger partial charge in [-0.2, -0.15) is 59.3 Å². The fraction of sp³-hybridized carbons (Fsp3) is 0.276. The summed E-state index contributed by atoms with van der Waals surface area (Å²) in [4.78, 5) is 65.0. The van der Waals surface area contributed by atoms with E-state index < -0.39 is 5.92 Å². The zero-order chi connectivity index (χ0) is 75.1. The summed E-state index contributed by atoms with van der Waals surface area (Å²) >= 11 is 44.7. The van der Waals surface area contributed by atoms with E-state index in [0.29, 0.717) is 36.7 Å². The molecular weight excluding hydrogens is 1710 g/mol. The number of thiocarbonyl (C=S) groups is 1. The number of thioether (sulfide) groups is 7. The second kappa shape index (κ2) is 51.7. The SMILES string of the molecule is C1CSCCN1.CI.CS/C(=C(\C(=O)c1ccc(Cl)cc1)c1ccncc1)N1CCSCC1.C[O-].Clc1ccc(-c2[nH]nc(N3CCSCC3)c2-c2ccncc2)cc1.N=N.O=C(C(=C1SCS1)c1ccncc1)c1ccc(Cl)cc1.O=C(c1ccc(Cl)cc1)C(C(=S)N1CCSCC1)c1ccncc1.[HH].[K+]. The Morgan fingerprint density at radius 2 is 0.934 bits per heavy atom. The van der Waals surface area contributed by atoms with Crippen molar-refractivity contribution in [2.45, 2.75) is 5.92 Å². The molecule has 0 spiro atoms. The van der Waals surface area contributed by atoms with Crippen LogP contribution >= 0.6 is 164 Å². The van der Waals surface area contributed by atoms with Gasteiger partial charge in [-0.25, -0.2) is 11.1 Å². The van der Waals surface area contributed by atoms with Crippen molar-refractivity contribution in [3.8, 4) is 22.4 Å². The van der Waals surface area contributed by atoms with Crippen LogP contribution in [0.3, 0.4) is 0 Å². The van der Waals surface area contributed by atoms with Gasteiger partial charge in [0.05, 0.1) is 37.0 Å². The Kier molecular flexibility index (Phi) is 44.4. The molecule has 14 rings (SSSR count). The molecule has 9 aromatic rings. The van der Waals surface area contributed by atoms with Crippen molar-refractivity contribution < 1.29 is 72.3 Å². The van der Waals surface area contributed by atoms with Crippen LogP contribution in [0.2, 0.25) is 20.1 Å². The summed E-state index contributed by atoms with van der Waals surface area (Å²) in [6.45, 7) is 8.17. The number of pyridine rings is 4. The van der Waals surface area contributed by atoms with Crippen LogP contribution in [0, 0.1) is 11.1 Å². The molecule has 0 bridgehead atoms. The number of alkyl halides is 1. The molecule has 10 heterocycles. The second-order valence-corrected chi connectivity index (χ2v) is 32.7. The molecule has 1 atom stereocenters. The number of aromatic amines is 1. The quantitative estimate of drug-likeness (QED) is 0.0142. The number of rotatable bonds is 15. The number of hydrogen-bond donors (Lipinski definition) is 4. The molecule has 554 valence electrons. The molecule has 0 amide bonds. The minimum atomic E-state index is -0.465. The zero-order valence-corrected chi connectivity index (χ0v) is 73.8. The largest absolute Gasteiger partial charge is 1.00 e. The first-order chi connectivity index (χ1) is 51.4. The van der Waals surface area contributed by atoms with Crippen molar-refractivity contribution >= 4 is 203 Å². The number of anilines is 1. The summed E-state index contributed by atoms with van der Waals surface area (Å²) < 4.78 is 1.08. The molecule has 0 aliphatic carbocycles. The average Bonchev–Trinajstić information content (AvgIpc) is 1.59. The first kappa shape index (κ1) is 91.0. The number of halogens is 5. The first-order valence-electron chi connectivity index (χ1n) is 32.9. The van der Waals surface area contributed by atoms with Gasteiger partial charge in [0, 0.05) is 202 Å². The third kappa shape index (κ3) is 28.1. The Labute approximate surface area is 735 Å². The monoisotopic (exact) mass is 1790 g/mol. The number of carbonyl (C=O) groups is 3. The van der Waals surface area contributed by atoms with Crippen LogP contribution in [0.1, 0.15) is 55.1 Å². The van der Waals surface area contributed by atoms with Crippen molar-refractivity contribution in [1.29, 1.82) is 11.1 Å². The van der Waals surface area contributed by atoms with Gasteiger partial charge < -0.3 is 25.1 Å². The molecule has 5 aliphatic rings. The van der Waals surface area contributed by atoms with Crippen molar-refractivity contribution in [1.82, 2.24) is 45.2 Å². The predicted octanol–water partition coefficient (Wildman–Crippen LogP) is 16.0. The Morgan fingerprint density at radius 3 is 1.37 bits per heavy atom. The van der Waals surface area contributed by atoms with Crippen molar-refractivity contribution in [3.63, 3.8) is 0 Å². The Hall–Kier alpha value is -3.83. The second-order valence-electron chi connectivity index (χ2n) is 22.2. The Bertz CT molecular complexity index is 4150. The fourth-order valence-electron chi connectivity index (χ4n) is 10.8. The Morgan fingerprint density at radius 1 is 0.528 bits per heavy atom. The number of benzene rings is 4. The van der Waals surface area contributed by atoms with Gasteiger partial charge >= 0.3 is 51.4 Å². The summed E-state index contributed by atoms with van der Waals surface area (Å²) in [6.07, 6.45) is 16.0.